The number of carbonyl (C=O) groups excluding carboxylic acids is 1. The number of hydrogen-bond donors (Lipinski definition) is 1. The Kier molecular flexibility index (Phi) is 7.11. The maximum absolute atomic E-state index is 12.7. The molecule has 0 aliphatic carbocycles. The van der Waals surface area contributed by atoms with Gasteiger partial charge in [-0.3, -0.25) is 4.79 Å². The number of rotatable bonds is 8. The highest BCUT2D eigenvalue weighted by atomic mass is 19.1. The Morgan fingerprint density at radius 1 is 1.21 bits per heavy atom. The highest BCUT2D eigenvalue weighted by molar-refractivity contribution is 5.76. The van der Waals surface area contributed by atoms with Gasteiger partial charge in [0.1, 0.15) is 5.82 Å². The monoisotopic (exact) mass is 266 g/mol. The summed E-state index contributed by atoms with van der Waals surface area (Å²) in [5.41, 5.74) is 0.986. The topological polar surface area (TPSA) is 32.3 Å². The van der Waals surface area contributed by atoms with E-state index in [0.717, 1.165) is 25.2 Å². The van der Waals surface area contributed by atoms with Crippen molar-refractivity contribution in [2.24, 2.45) is 0 Å². The van der Waals surface area contributed by atoms with Crippen LogP contribution in [-0.2, 0) is 11.2 Å². The van der Waals surface area contributed by atoms with E-state index in [0.29, 0.717) is 19.4 Å². The molecule has 0 saturated carbocycles. The Bertz CT molecular complexity index is 374. The molecule has 106 valence electrons. The number of halogens is 1. The van der Waals surface area contributed by atoms with E-state index >= 15 is 0 Å². The molecule has 0 unspecified atom stereocenters. The Hall–Kier alpha value is -1.42. The largest absolute Gasteiger partial charge is 0.355 e. The van der Waals surface area contributed by atoms with Gasteiger partial charge in [0.2, 0.25) is 5.91 Å². The fourth-order valence-corrected chi connectivity index (χ4v) is 1.89. The first-order valence-corrected chi connectivity index (χ1v) is 6.89. The van der Waals surface area contributed by atoms with Gasteiger partial charge in [0.05, 0.1) is 0 Å². The predicted molar refractivity (Wildman–Crippen MR) is 75.5 cm³/mol. The van der Waals surface area contributed by atoms with Crippen molar-refractivity contribution in [2.45, 2.75) is 26.7 Å². The minimum atomic E-state index is -0.243. The number of amides is 1. The Morgan fingerprint density at radius 2 is 1.84 bits per heavy atom. The van der Waals surface area contributed by atoms with Crippen molar-refractivity contribution >= 4 is 5.91 Å². The molecule has 4 heteroatoms. The van der Waals surface area contributed by atoms with Crippen LogP contribution in [0.5, 0.6) is 0 Å². The molecular formula is C15H23FN2O. The highest BCUT2D eigenvalue weighted by Crippen LogP contribution is 2.05. The van der Waals surface area contributed by atoms with Crippen molar-refractivity contribution in [1.82, 2.24) is 10.2 Å². The first-order valence-electron chi connectivity index (χ1n) is 6.89. The fourth-order valence-electron chi connectivity index (χ4n) is 1.89. The van der Waals surface area contributed by atoms with Crippen molar-refractivity contribution in [2.75, 3.05) is 26.2 Å². The van der Waals surface area contributed by atoms with Gasteiger partial charge in [0.15, 0.2) is 0 Å². The van der Waals surface area contributed by atoms with Gasteiger partial charge in [-0.25, -0.2) is 4.39 Å². The summed E-state index contributed by atoms with van der Waals surface area (Å²) in [6, 6.07) is 6.29. The maximum Gasteiger partial charge on any atom is 0.220 e. The first-order chi connectivity index (χ1) is 9.15. The first kappa shape index (κ1) is 15.6. The Balaban J connectivity index is 2.19. The summed E-state index contributed by atoms with van der Waals surface area (Å²) >= 11 is 0. The number of carbonyl (C=O) groups is 1. The van der Waals surface area contributed by atoms with E-state index in [-0.39, 0.29) is 11.7 Å². The summed E-state index contributed by atoms with van der Waals surface area (Å²) in [7, 11) is 0. The van der Waals surface area contributed by atoms with E-state index in [1.54, 1.807) is 12.1 Å². The SMILES string of the molecule is CCN(CC)CCNC(=O)CCc1ccc(F)cc1. The van der Waals surface area contributed by atoms with Gasteiger partial charge in [-0.05, 0) is 37.2 Å². The molecule has 1 N–H and O–H groups in total. The fraction of sp³-hybridized carbons (Fsp3) is 0.533. The van der Waals surface area contributed by atoms with Gasteiger partial charge in [-0.1, -0.05) is 26.0 Å². The van der Waals surface area contributed by atoms with E-state index in [1.807, 2.05) is 0 Å². The van der Waals surface area contributed by atoms with Crippen LogP contribution < -0.4 is 5.32 Å². The third-order valence-corrected chi connectivity index (χ3v) is 3.20. The molecule has 1 rings (SSSR count). The third kappa shape index (κ3) is 6.34. The lowest BCUT2D eigenvalue weighted by Crippen LogP contribution is -2.34. The second-order valence-electron chi connectivity index (χ2n) is 4.50. The lowest BCUT2D eigenvalue weighted by atomic mass is 10.1. The van der Waals surface area contributed by atoms with Crippen molar-refractivity contribution in [3.63, 3.8) is 0 Å². The lowest BCUT2D eigenvalue weighted by molar-refractivity contribution is -0.121. The molecular weight excluding hydrogens is 243 g/mol. The second-order valence-corrected chi connectivity index (χ2v) is 4.50. The van der Waals surface area contributed by atoms with Gasteiger partial charge in [-0.15, -0.1) is 0 Å². The quantitative estimate of drug-likeness (QED) is 0.782. The predicted octanol–water partition coefficient (Wildman–Crippen LogP) is 2.22. The zero-order chi connectivity index (χ0) is 14.1. The lowest BCUT2D eigenvalue weighted by Gasteiger charge is -2.17. The van der Waals surface area contributed by atoms with Crippen LogP contribution in [0, 0.1) is 5.82 Å². The summed E-state index contributed by atoms with van der Waals surface area (Å²) in [6.07, 6.45) is 1.10. The number of aryl methyl sites for hydroxylation is 1. The molecule has 0 aliphatic rings. The van der Waals surface area contributed by atoms with Gasteiger partial charge < -0.3 is 10.2 Å². The summed E-state index contributed by atoms with van der Waals surface area (Å²) in [5, 5.41) is 2.91. The molecule has 0 aromatic heterocycles. The Morgan fingerprint density at radius 3 is 2.42 bits per heavy atom. The van der Waals surface area contributed by atoms with Crippen LogP contribution in [0.25, 0.3) is 0 Å². The Labute approximate surface area is 114 Å². The number of nitrogens with one attached hydrogen (secondary N) is 1. The van der Waals surface area contributed by atoms with Crippen LogP contribution in [0.3, 0.4) is 0 Å². The highest BCUT2D eigenvalue weighted by Gasteiger charge is 2.03. The zero-order valence-corrected chi connectivity index (χ0v) is 11.8. The molecule has 3 nitrogen and oxygen atoms in total. The molecule has 0 saturated heterocycles. The normalized spacial score (nSPS) is 10.7. The van der Waals surface area contributed by atoms with Crippen LogP contribution in [0.1, 0.15) is 25.8 Å². The van der Waals surface area contributed by atoms with Crippen molar-refractivity contribution < 1.29 is 9.18 Å². The smallest absolute Gasteiger partial charge is 0.220 e. The number of likely N-dealkylation sites (N-methyl/N-ethyl adjacent to an activating group) is 1. The van der Waals surface area contributed by atoms with E-state index in [2.05, 4.69) is 24.1 Å². The van der Waals surface area contributed by atoms with Crippen LogP contribution in [0.4, 0.5) is 4.39 Å². The van der Waals surface area contributed by atoms with Crippen LogP contribution in [-0.4, -0.2) is 37.0 Å². The summed E-state index contributed by atoms with van der Waals surface area (Å²) in [6.45, 7) is 7.79. The molecule has 1 amide bonds. The zero-order valence-electron chi connectivity index (χ0n) is 11.8. The standard InChI is InChI=1S/C15H23FN2O/c1-3-18(4-2)12-11-17-15(19)10-7-13-5-8-14(16)9-6-13/h5-6,8-9H,3-4,7,10-12H2,1-2H3,(H,17,19). The molecule has 0 fully saturated rings. The summed E-state index contributed by atoms with van der Waals surface area (Å²) in [5.74, 6) is -0.191. The average Bonchev–Trinajstić information content (AvgIpc) is 2.43. The summed E-state index contributed by atoms with van der Waals surface area (Å²) < 4.78 is 12.7. The van der Waals surface area contributed by atoms with Crippen molar-refractivity contribution in [3.8, 4) is 0 Å². The molecule has 1 aromatic rings. The molecule has 1 aromatic carbocycles. The molecule has 0 spiro atoms. The number of nitrogens with zero attached hydrogens (tertiary/aromatic N) is 1. The van der Waals surface area contributed by atoms with Gasteiger partial charge >= 0.3 is 0 Å². The van der Waals surface area contributed by atoms with E-state index in [9.17, 15) is 9.18 Å². The van der Waals surface area contributed by atoms with Crippen molar-refractivity contribution in [1.29, 1.82) is 0 Å². The van der Waals surface area contributed by atoms with Gasteiger partial charge in [0.25, 0.3) is 0 Å². The molecule has 0 atom stereocenters. The molecule has 0 aliphatic heterocycles. The molecule has 19 heavy (non-hydrogen) atoms. The molecule has 0 radical (unpaired) electrons. The van der Waals surface area contributed by atoms with E-state index in [1.165, 1.54) is 12.1 Å². The second kappa shape index (κ2) is 8.64. The molecule has 0 bridgehead atoms. The minimum Gasteiger partial charge on any atom is -0.355 e. The maximum atomic E-state index is 12.7. The molecule has 0 heterocycles. The van der Waals surface area contributed by atoms with E-state index in [4.69, 9.17) is 0 Å². The van der Waals surface area contributed by atoms with Crippen LogP contribution in [0.15, 0.2) is 24.3 Å². The van der Waals surface area contributed by atoms with Crippen LogP contribution >= 0.6 is 0 Å². The van der Waals surface area contributed by atoms with E-state index < -0.39 is 0 Å². The third-order valence-electron chi connectivity index (χ3n) is 3.20. The van der Waals surface area contributed by atoms with Gasteiger partial charge in [-0.2, -0.15) is 0 Å². The van der Waals surface area contributed by atoms with Crippen molar-refractivity contribution in [3.05, 3.63) is 35.6 Å². The van der Waals surface area contributed by atoms with Crippen LogP contribution in [0.2, 0.25) is 0 Å². The average molecular weight is 266 g/mol. The summed E-state index contributed by atoms with van der Waals surface area (Å²) in [4.78, 5) is 13.9. The number of benzene rings is 1. The number of hydrogen-bond acceptors (Lipinski definition) is 2. The minimum absolute atomic E-state index is 0.0523. The van der Waals surface area contributed by atoms with Gasteiger partial charge in [0, 0.05) is 19.5 Å².